The van der Waals surface area contributed by atoms with Gasteiger partial charge in [-0.3, -0.25) is 4.79 Å². The molecule has 0 atom stereocenters. The van der Waals surface area contributed by atoms with Gasteiger partial charge in [0.1, 0.15) is 17.8 Å². The zero-order valence-electron chi connectivity index (χ0n) is 14.2. The molecule has 0 spiro atoms. The number of benzene rings is 1. The Morgan fingerprint density at radius 2 is 2.00 bits per heavy atom. The molecule has 0 aliphatic heterocycles. The minimum atomic E-state index is -0.200. The fourth-order valence-electron chi connectivity index (χ4n) is 2.71. The second-order valence-electron chi connectivity index (χ2n) is 5.83. The molecule has 1 amide bonds. The Labute approximate surface area is 149 Å². The van der Waals surface area contributed by atoms with Crippen molar-refractivity contribution >= 4 is 28.4 Å². The Kier molecular flexibility index (Phi) is 4.14. The highest BCUT2D eigenvalue weighted by Gasteiger charge is 2.08. The minimum Gasteiger partial charge on any atom is -0.368 e. The first-order chi connectivity index (χ1) is 12.7. The van der Waals surface area contributed by atoms with Crippen LogP contribution in [0.5, 0.6) is 0 Å². The molecule has 0 fully saturated rings. The van der Waals surface area contributed by atoms with Crippen LogP contribution < -0.4 is 10.6 Å². The number of pyridine rings is 1. The predicted molar refractivity (Wildman–Crippen MR) is 98.1 cm³/mol. The van der Waals surface area contributed by atoms with E-state index in [0.29, 0.717) is 24.6 Å². The summed E-state index contributed by atoms with van der Waals surface area (Å²) in [6.45, 7) is 2.88. The lowest BCUT2D eigenvalue weighted by atomic mass is 10.2. The number of nitrogens with one attached hydrogen (secondary N) is 2. The molecule has 26 heavy (non-hydrogen) atoms. The van der Waals surface area contributed by atoms with Crippen molar-refractivity contribution in [2.24, 2.45) is 0 Å². The first-order valence-corrected chi connectivity index (χ1v) is 8.26. The maximum atomic E-state index is 12.3. The number of para-hydroxylation sites is 1. The number of rotatable bonds is 5. The quantitative estimate of drug-likeness (QED) is 0.535. The minimum absolute atomic E-state index is 0.200. The molecule has 1 aromatic carbocycles. The van der Waals surface area contributed by atoms with Crippen LogP contribution in [-0.2, 0) is 0 Å². The van der Waals surface area contributed by atoms with Crippen LogP contribution in [0, 0.1) is 6.92 Å². The number of aromatic nitrogens is 5. The van der Waals surface area contributed by atoms with Gasteiger partial charge in [0.15, 0.2) is 0 Å². The van der Waals surface area contributed by atoms with Gasteiger partial charge >= 0.3 is 0 Å². The van der Waals surface area contributed by atoms with E-state index in [9.17, 15) is 4.79 Å². The number of aryl methyl sites for hydroxylation is 1. The molecule has 130 valence electrons. The molecule has 8 nitrogen and oxygen atoms in total. The molecule has 3 heterocycles. The summed E-state index contributed by atoms with van der Waals surface area (Å²) < 4.78 is 1.62. The van der Waals surface area contributed by atoms with Gasteiger partial charge in [0, 0.05) is 30.2 Å². The van der Waals surface area contributed by atoms with Gasteiger partial charge in [-0.2, -0.15) is 14.6 Å². The van der Waals surface area contributed by atoms with Crippen LogP contribution in [0.2, 0.25) is 0 Å². The molecule has 0 radical (unpaired) electrons. The SMILES string of the molecule is Cc1cc(NCCNC(=O)c2ccc3ccccc3n2)n2ncnc2n1. The Hall–Kier alpha value is -3.55. The van der Waals surface area contributed by atoms with Crippen molar-refractivity contribution in [1.82, 2.24) is 29.9 Å². The van der Waals surface area contributed by atoms with Crippen molar-refractivity contribution in [2.45, 2.75) is 6.92 Å². The van der Waals surface area contributed by atoms with Crippen LogP contribution >= 0.6 is 0 Å². The van der Waals surface area contributed by atoms with Crippen LogP contribution in [0.25, 0.3) is 16.7 Å². The maximum absolute atomic E-state index is 12.3. The van der Waals surface area contributed by atoms with Gasteiger partial charge < -0.3 is 10.6 Å². The monoisotopic (exact) mass is 347 g/mol. The van der Waals surface area contributed by atoms with Gasteiger partial charge in [-0.15, -0.1) is 0 Å². The summed E-state index contributed by atoms with van der Waals surface area (Å²) in [6.07, 6.45) is 1.46. The smallest absolute Gasteiger partial charge is 0.269 e. The standard InChI is InChI=1S/C18H17N7O/c1-12-10-16(25-18(23-12)21-11-22-25)19-8-9-20-17(26)15-7-6-13-4-2-3-5-14(13)24-15/h2-7,10-11,19H,8-9H2,1H3,(H,20,26). The van der Waals surface area contributed by atoms with Gasteiger partial charge in [-0.1, -0.05) is 24.3 Å². The largest absolute Gasteiger partial charge is 0.368 e. The number of nitrogens with zero attached hydrogens (tertiary/aromatic N) is 5. The molecule has 3 aromatic heterocycles. The third-order valence-corrected chi connectivity index (χ3v) is 3.93. The summed E-state index contributed by atoms with van der Waals surface area (Å²) in [5, 5.41) is 11.2. The van der Waals surface area contributed by atoms with E-state index in [-0.39, 0.29) is 5.91 Å². The third kappa shape index (κ3) is 3.16. The first-order valence-electron chi connectivity index (χ1n) is 8.26. The summed E-state index contributed by atoms with van der Waals surface area (Å²) in [7, 11) is 0. The van der Waals surface area contributed by atoms with Gasteiger partial charge in [-0.25, -0.2) is 9.97 Å². The van der Waals surface area contributed by atoms with E-state index in [2.05, 4.69) is 30.7 Å². The highest BCUT2D eigenvalue weighted by Crippen LogP contribution is 2.12. The summed E-state index contributed by atoms with van der Waals surface area (Å²) in [6, 6.07) is 13.2. The van der Waals surface area contributed by atoms with Crippen molar-refractivity contribution in [3.63, 3.8) is 0 Å². The second kappa shape index (κ2) is 6.75. The zero-order valence-corrected chi connectivity index (χ0v) is 14.2. The van der Waals surface area contributed by atoms with Crippen molar-refractivity contribution in [3.05, 3.63) is 60.2 Å². The normalized spacial score (nSPS) is 11.0. The maximum Gasteiger partial charge on any atom is 0.269 e. The molecule has 0 saturated heterocycles. The highest BCUT2D eigenvalue weighted by molar-refractivity contribution is 5.94. The average Bonchev–Trinajstić information content (AvgIpc) is 3.13. The van der Waals surface area contributed by atoms with Crippen molar-refractivity contribution < 1.29 is 4.79 Å². The van der Waals surface area contributed by atoms with E-state index >= 15 is 0 Å². The number of hydrogen-bond acceptors (Lipinski definition) is 6. The summed E-state index contributed by atoms with van der Waals surface area (Å²) in [5.41, 5.74) is 2.05. The molecule has 8 heteroatoms. The summed E-state index contributed by atoms with van der Waals surface area (Å²) in [4.78, 5) is 25.1. The van der Waals surface area contributed by atoms with Gasteiger partial charge in [-0.05, 0) is 19.1 Å². The lowest BCUT2D eigenvalue weighted by molar-refractivity contribution is 0.0950. The van der Waals surface area contributed by atoms with E-state index < -0.39 is 0 Å². The van der Waals surface area contributed by atoms with Crippen molar-refractivity contribution in [1.29, 1.82) is 0 Å². The van der Waals surface area contributed by atoms with E-state index in [4.69, 9.17) is 0 Å². The van der Waals surface area contributed by atoms with Gasteiger partial charge in [0.25, 0.3) is 11.7 Å². The molecule has 0 bridgehead atoms. The second-order valence-corrected chi connectivity index (χ2v) is 5.83. The van der Waals surface area contributed by atoms with E-state index in [1.165, 1.54) is 6.33 Å². The van der Waals surface area contributed by atoms with E-state index in [1.54, 1.807) is 10.6 Å². The Bertz CT molecular complexity index is 1090. The lowest BCUT2D eigenvalue weighted by Gasteiger charge is -2.09. The van der Waals surface area contributed by atoms with Crippen LogP contribution in [0.3, 0.4) is 0 Å². The molecule has 0 saturated carbocycles. The number of fused-ring (bicyclic) bond motifs is 2. The molecule has 4 aromatic rings. The summed E-state index contributed by atoms with van der Waals surface area (Å²) >= 11 is 0. The number of carbonyl (C=O) groups excluding carboxylic acids is 1. The Morgan fingerprint density at radius 1 is 1.12 bits per heavy atom. The lowest BCUT2D eigenvalue weighted by Crippen LogP contribution is -2.29. The Morgan fingerprint density at radius 3 is 2.92 bits per heavy atom. The third-order valence-electron chi connectivity index (χ3n) is 3.93. The van der Waals surface area contributed by atoms with Crippen molar-refractivity contribution in [3.8, 4) is 0 Å². The van der Waals surface area contributed by atoms with Crippen LogP contribution in [0.4, 0.5) is 5.82 Å². The number of amides is 1. The summed E-state index contributed by atoms with van der Waals surface area (Å²) in [5.74, 6) is 1.12. The molecule has 0 aliphatic rings. The number of hydrogen-bond donors (Lipinski definition) is 2. The molecule has 2 N–H and O–H groups in total. The fraction of sp³-hybridized carbons (Fsp3) is 0.167. The Balaban J connectivity index is 1.37. The highest BCUT2D eigenvalue weighted by atomic mass is 16.1. The van der Waals surface area contributed by atoms with Gasteiger partial charge in [0.2, 0.25) is 0 Å². The van der Waals surface area contributed by atoms with Gasteiger partial charge in [0.05, 0.1) is 5.52 Å². The molecule has 4 rings (SSSR count). The van der Waals surface area contributed by atoms with Crippen LogP contribution in [-0.4, -0.2) is 43.6 Å². The fourth-order valence-corrected chi connectivity index (χ4v) is 2.71. The van der Waals surface area contributed by atoms with E-state index in [0.717, 1.165) is 22.4 Å². The molecule has 0 unspecified atom stereocenters. The average molecular weight is 347 g/mol. The number of anilines is 1. The molecular formula is C18H17N7O. The van der Waals surface area contributed by atoms with Crippen LogP contribution in [0.15, 0.2) is 48.8 Å². The zero-order chi connectivity index (χ0) is 17.9. The van der Waals surface area contributed by atoms with E-state index in [1.807, 2.05) is 43.3 Å². The topological polar surface area (TPSA) is 97.1 Å². The first kappa shape index (κ1) is 15.9. The predicted octanol–water partition coefficient (Wildman–Crippen LogP) is 1.82. The molecule has 0 aliphatic carbocycles. The molecular weight excluding hydrogens is 330 g/mol. The number of carbonyl (C=O) groups is 1. The van der Waals surface area contributed by atoms with Crippen molar-refractivity contribution in [2.75, 3.05) is 18.4 Å². The van der Waals surface area contributed by atoms with Crippen LogP contribution in [0.1, 0.15) is 16.2 Å².